The summed E-state index contributed by atoms with van der Waals surface area (Å²) in [5.41, 5.74) is 2.69. The minimum atomic E-state index is -0.0964. The summed E-state index contributed by atoms with van der Waals surface area (Å²) in [4.78, 5) is 24.2. The Morgan fingerprint density at radius 1 is 1.25 bits per heavy atom. The van der Waals surface area contributed by atoms with Crippen LogP contribution in [0.1, 0.15) is 25.1 Å². The number of aromatic amines is 1. The summed E-state index contributed by atoms with van der Waals surface area (Å²) in [5, 5.41) is 14.0. The van der Waals surface area contributed by atoms with E-state index in [1.807, 2.05) is 44.2 Å². The van der Waals surface area contributed by atoms with E-state index < -0.39 is 0 Å². The number of hydrogen-bond acceptors (Lipinski definition) is 8. The minimum Gasteiger partial charge on any atom is -0.377 e. The van der Waals surface area contributed by atoms with E-state index in [1.165, 1.54) is 18.7 Å². The van der Waals surface area contributed by atoms with E-state index in [2.05, 4.69) is 32.7 Å². The van der Waals surface area contributed by atoms with Gasteiger partial charge in [-0.25, -0.2) is 9.97 Å². The van der Waals surface area contributed by atoms with Crippen molar-refractivity contribution in [2.45, 2.75) is 43.8 Å². The highest BCUT2D eigenvalue weighted by Gasteiger charge is 2.24. The highest BCUT2D eigenvalue weighted by atomic mass is 32.2. The average Bonchev–Trinajstić information content (AvgIpc) is 3.16. The molecule has 1 aliphatic heterocycles. The molecule has 3 N–H and O–H groups in total. The van der Waals surface area contributed by atoms with Crippen molar-refractivity contribution in [1.82, 2.24) is 20.2 Å². The van der Waals surface area contributed by atoms with Crippen LogP contribution in [0.2, 0.25) is 0 Å². The lowest BCUT2D eigenvalue weighted by atomic mass is 10.2. The number of anilines is 4. The van der Waals surface area contributed by atoms with Crippen LogP contribution in [0.15, 0.2) is 40.4 Å². The molecule has 0 radical (unpaired) electrons. The van der Waals surface area contributed by atoms with Crippen LogP contribution in [-0.4, -0.2) is 51.9 Å². The van der Waals surface area contributed by atoms with Crippen molar-refractivity contribution in [2.24, 2.45) is 0 Å². The predicted octanol–water partition coefficient (Wildman–Crippen LogP) is 3.89. The van der Waals surface area contributed by atoms with Gasteiger partial charge >= 0.3 is 0 Å². The average molecular weight is 454 g/mol. The molecule has 1 aliphatic rings. The summed E-state index contributed by atoms with van der Waals surface area (Å²) in [6, 6.07) is 9.78. The molecule has 1 atom stereocenters. The van der Waals surface area contributed by atoms with Gasteiger partial charge in [0.15, 0.2) is 11.0 Å². The van der Waals surface area contributed by atoms with Crippen LogP contribution in [0.4, 0.5) is 23.1 Å². The van der Waals surface area contributed by atoms with E-state index in [9.17, 15) is 4.79 Å². The molecule has 1 fully saturated rings. The van der Waals surface area contributed by atoms with Gasteiger partial charge in [-0.15, -0.1) is 0 Å². The van der Waals surface area contributed by atoms with E-state index >= 15 is 0 Å². The molecule has 9 nitrogen and oxygen atoms in total. The smallest absolute Gasteiger partial charge is 0.221 e. The van der Waals surface area contributed by atoms with Gasteiger partial charge in [0, 0.05) is 41.4 Å². The summed E-state index contributed by atoms with van der Waals surface area (Å²) >= 11 is 1.47. The Kier molecular flexibility index (Phi) is 6.61. The zero-order chi connectivity index (χ0) is 22.7. The van der Waals surface area contributed by atoms with Crippen molar-refractivity contribution in [1.29, 1.82) is 0 Å². The molecule has 0 unspecified atom stereocenters. The van der Waals surface area contributed by atoms with Gasteiger partial charge in [0.2, 0.25) is 5.91 Å². The Balaban J connectivity index is 1.66. The standard InChI is InChI=1S/C22H27N7O2S/c1-13-11-19(28-27-13)24-20-15(3)21(29-9-10-31-12-14(29)2)26-22(25-20)32-18-7-5-17(6-8-18)23-16(4)30/h5-8,11,14H,9-10,12H2,1-4H3,(H,23,30)(H2,24,25,26,27,28)/t14-/m1/s1. The van der Waals surface area contributed by atoms with Crippen LogP contribution in [0.3, 0.4) is 0 Å². The van der Waals surface area contributed by atoms with Crippen molar-refractivity contribution >= 4 is 40.8 Å². The molecule has 0 saturated carbocycles. The number of nitrogens with one attached hydrogen (secondary N) is 3. The Labute approximate surface area is 191 Å². The summed E-state index contributed by atoms with van der Waals surface area (Å²) < 4.78 is 5.62. The van der Waals surface area contributed by atoms with Crippen LogP contribution in [0.5, 0.6) is 0 Å². The number of rotatable bonds is 6. The molecule has 0 spiro atoms. The van der Waals surface area contributed by atoms with Crippen LogP contribution < -0.4 is 15.5 Å². The monoisotopic (exact) mass is 453 g/mol. The highest BCUT2D eigenvalue weighted by molar-refractivity contribution is 7.99. The maximum absolute atomic E-state index is 11.3. The third-order valence-electron chi connectivity index (χ3n) is 5.08. The maximum atomic E-state index is 11.3. The largest absolute Gasteiger partial charge is 0.377 e. The number of aromatic nitrogens is 4. The van der Waals surface area contributed by atoms with E-state index in [1.54, 1.807) is 0 Å². The number of carbonyl (C=O) groups excluding carboxylic acids is 1. The summed E-state index contributed by atoms with van der Waals surface area (Å²) in [7, 11) is 0. The zero-order valence-electron chi connectivity index (χ0n) is 18.6. The fourth-order valence-corrected chi connectivity index (χ4v) is 4.24. The first-order valence-corrected chi connectivity index (χ1v) is 11.3. The quantitative estimate of drug-likeness (QED) is 0.483. The van der Waals surface area contributed by atoms with Crippen LogP contribution >= 0.6 is 11.8 Å². The lowest BCUT2D eigenvalue weighted by Crippen LogP contribution is -2.44. The number of nitrogens with zero attached hydrogens (tertiary/aromatic N) is 4. The van der Waals surface area contributed by atoms with Gasteiger partial charge in [0.25, 0.3) is 0 Å². The number of morpholine rings is 1. The van der Waals surface area contributed by atoms with Gasteiger partial charge in [-0.3, -0.25) is 9.89 Å². The molecule has 3 heterocycles. The van der Waals surface area contributed by atoms with Crippen LogP contribution in [0, 0.1) is 13.8 Å². The number of amides is 1. The fraction of sp³-hybridized carbons (Fsp3) is 0.364. The SMILES string of the molecule is CC(=O)Nc1ccc(Sc2nc(Nc3cc(C)[nH]n3)c(C)c(N3CCOC[C@H]3C)n2)cc1. The first-order valence-electron chi connectivity index (χ1n) is 10.5. The molecular weight excluding hydrogens is 426 g/mol. The Hall–Kier alpha value is -3.11. The van der Waals surface area contributed by atoms with Gasteiger partial charge in [-0.1, -0.05) is 0 Å². The van der Waals surface area contributed by atoms with Gasteiger partial charge in [-0.2, -0.15) is 5.10 Å². The van der Waals surface area contributed by atoms with Gasteiger partial charge < -0.3 is 20.3 Å². The second-order valence-electron chi connectivity index (χ2n) is 7.79. The van der Waals surface area contributed by atoms with Crippen LogP contribution in [-0.2, 0) is 9.53 Å². The minimum absolute atomic E-state index is 0.0964. The topological polar surface area (TPSA) is 108 Å². The third kappa shape index (κ3) is 5.20. The molecule has 0 aliphatic carbocycles. The number of ether oxygens (including phenoxy) is 1. The van der Waals surface area contributed by atoms with Gasteiger partial charge in [-0.05, 0) is 56.8 Å². The number of aryl methyl sites for hydroxylation is 1. The molecule has 1 amide bonds. The van der Waals surface area contributed by atoms with Crippen molar-refractivity contribution in [3.05, 3.63) is 41.6 Å². The first-order chi connectivity index (χ1) is 15.4. The van der Waals surface area contributed by atoms with E-state index in [-0.39, 0.29) is 11.9 Å². The maximum Gasteiger partial charge on any atom is 0.221 e. The number of carbonyl (C=O) groups is 1. The van der Waals surface area contributed by atoms with Crippen LogP contribution in [0.25, 0.3) is 0 Å². The van der Waals surface area contributed by atoms with E-state index in [4.69, 9.17) is 14.7 Å². The summed E-state index contributed by atoms with van der Waals surface area (Å²) in [6.45, 7) is 9.72. The second-order valence-corrected chi connectivity index (χ2v) is 8.83. The molecular formula is C22H27N7O2S. The Morgan fingerprint density at radius 3 is 2.69 bits per heavy atom. The lowest BCUT2D eigenvalue weighted by molar-refractivity contribution is -0.114. The highest BCUT2D eigenvalue weighted by Crippen LogP contribution is 2.33. The second kappa shape index (κ2) is 9.58. The molecule has 168 valence electrons. The number of hydrogen-bond donors (Lipinski definition) is 3. The van der Waals surface area contributed by atoms with Gasteiger partial charge in [0.05, 0.1) is 19.3 Å². The molecule has 10 heteroatoms. The van der Waals surface area contributed by atoms with E-state index in [0.717, 1.165) is 40.0 Å². The van der Waals surface area contributed by atoms with E-state index in [0.29, 0.717) is 24.2 Å². The Bertz CT molecular complexity index is 1100. The molecule has 32 heavy (non-hydrogen) atoms. The molecule has 3 aromatic rings. The number of H-pyrrole nitrogens is 1. The fourth-order valence-electron chi connectivity index (χ4n) is 3.49. The Morgan fingerprint density at radius 2 is 2.03 bits per heavy atom. The molecule has 1 saturated heterocycles. The molecule has 2 aromatic heterocycles. The zero-order valence-corrected chi connectivity index (χ0v) is 19.4. The molecule has 0 bridgehead atoms. The summed E-state index contributed by atoms with van der Waals surface area (Å²) in [5.74, 6) is 2.22. The van der Waals surface area contributed by atoms with Crippen molar-refractivity contribution in [3.8, 4) is 0 Å². The first kappa shape index (κ1) is 22.1. The van der Waals surface area contributed by atoms with Crippen molar-refractivity contribution < 1.29 is 9.53 Å². The van der Waals surface area contributed by atoms with Gasteiger partial charge in [0.1, 0.15) is 11.6 Å². The molecule has 1 aromatic carbocycles. The summed E-state index contributed by atoms with van der Waals surface area (Å²) in [6.07, 6.45) is 0. The molecule has 4 rings (SSSR count). The lowest BCUT2D eigenvalue weighted by Gasteiger charge is -2.35. The van der Waals surface area contributed by atoms with Crippen molar-refractivity contribution in [2.75, 3.05) is 35.3 Å². The third-order valence-corrected chi connectivity index (χ3v) is 5.95. The predicted molar refractivity (Wildman–Crippen MR) is 126 cm³/mol. The van der Waals surface area contributed by atoms with Crippen molar-refractivity contribution in [3.63, 3.8) is 0 Å². The number of benzene rings is 1. The normalized spacial score (nSPS) is 16.1.